The summed E-state index contributed by atoms with van der Waals surface area (Å²) >= 11 is 12.1. The molecule has 2 rings (SSSR count). The summed E-state index contributed by atoms with van der Waals surface area (Å²) in [4.78, 5) is 15.7. The third-order valence-electron chi connectivity index (χ3n) is 2.02. The van der Waals surface area contributed by atoms with Crippen LogP contribution < -0.4 is 5.32 Å². The van der Waals surface area contributed by atoms with Crippen molar-refractivity contribution in [1.82, 2.24) is 14.8 Å². The molecule has 1 N–H and O–H groups in total. The molecule has 1 aromatic carbocycles. The number of nitrogens with one attached hydrogen (secondary N) is 1. The predicted octanol–water partition coefficient (Wildman–Crippen LogP) is 3.10. The van der Waals surface area contributed by atoms with Crippen molar-refractivity contribution in [3.05, 3.63) is 38.8 Å². The largest absolute Gasteiger partial charge is 0.324 e. The summed E-state index contributed by atoms with van der Waals surface area (Å²) in [6.07, 6.45) is 0. The third-order valence-corrected chi connectivity index (χ3v) is 3.20. The zero-order valence-electron chi connectivity index (χ0n) is 8.90. The molecule has 0 atom stereocenters. The second-order valence-corrected chi connectivity index (χ2v) is 5.22. The molecule has 2 aromatic rings. The number of benzene rings is 1. The fourth-order valence-electron chi connectivity index (χ4n) is 1.27. The molecule has 5 nitrogen and oxygen atoms in total. The first kappa shape index (κ1) is 13.5. The second-order valence-electron chi connectivity index (χ2n) is 3.36. The van der Waals surface area contributed by atoms with Gasteiger partial charge in [-0.05, 0) is 56.1 Å². The number of amides is 1. The molecule has 0 aliphatic carbocycles. The lowest BCUT2D eigenvalue weighted by molar-refractivity contribution is -0.116. The number of hydrogen-bond acceptors (Lipinski definition) is 3. The van der Waals surface area contributed by atoms with Crippen LogP contribution in [0.15, 0.2) is 33.7 Å². The molecule has 0 aliphatic heterocycles. The van der Waals surface area contributed by atoms with E-state index in [0.717, 1.165) is 0 Å². The standard InChI is InChI=1S/C10H7Br2ClN4O/c11-9-15-10(12)17(16-9)5-8(18)14-7-3-1-6(13)2-4-7/h1-4H,5H2,(H,14,18). The van der Waals surface area contributed by atoms with E-state index in [0.29, 0.717) is 20.2 Å². The van der Waals surface area contributed by atoms with Crippen molar-refractivity contribution in [2.24, 2.45) is 0 Å². The first-order chi connectivity index (χ1) is 8.54. The van der Waals surface area contributed by atoms with Gasteiger partial charge >= 0.3 is 0 Å². The lowest BCUT2D eigenvalue weighted by Gasteiger charge is -2.05. The summed E-state index contributed by atoms with van der Waals surface area (Å²) < 4.78 is 2.35. The number of anilines is 1. The molecular formula is C10H7Br2ClN4O. The average Bonchev–Trinajstić information content (AvgIpc) is 2.61. The van der Waals surface area contributed by atoms with Crippen molar-refractivity contribution in [2.45, 2.75) is 6.54 Å². The van der Waals surface area contributed by atoms with E-state index in [1.54, 1.807) is 24.3 Å². The van der Waals surface area contributed by atoms with Crippen molar-refractivity contribution in [3.63, 3.8) is 0 Å². The van der Waals surface area contributed by atoms with E-state index in [2.05, 4.69) is 47.3 Å². The van der Waals surface area contributed by atoms with Crippen LogP contribution in [0.2, 0.25) is 5.02 Å². The first-order valence-corrected chi connectivity index (χ1v) is 6.82. The summed E-state index contributed by atoms with van der Waals surface area (Å²) in [5.74, 6) is -0.199. The van der Waals surface area contributed by atoms with Crippen LogP contribution in [0, 0.1) is 0 Å². The van der Waals surface area contributed by atoms with Crippen LogP contribution in [-0.2, 0) is 11.3 Å². The summed E-state index contributed by atoms with van der Waals surface area (Å²) in [6.45, 7) is 0.0712. The van der Waals surface area contributed by atoms with Crippen LogP contribution in [-0.4, -0.2) is 20.7 Å². The fraction of sp³-hybridized carbons (Fsp3) is 0.100. The highest BCUT2D eigenvalue weighted by atomic mass is 79.9. The second kappa shape index (κ2) is 5.81. The van der Waals surface area contributed by atoms with E-state index in [4.69, 9.17) is 11.6 Å². The Morgan fingerprint density at radius 1 is 1.33 bits per heavy atom. The van der Waals surface area contributed by atoms with Gasteiger partial charge in [0.05, 0.1) is 0 Å². The molecule has 8 heteroatoms. The molecule has 1 heterocycles. The van der Waals surface area contributed by atoms with Crippen molar-refractivity contribution in [1.29, 1.82) is 0 Å². The van der Waals surface area contributed by atoms with E-state index in [1.807, 2.05) is 0 Å². The Morgan fingerprint density at radius 3 is 2.56 bits per heavy atom. The number of halogens is 3. The minimum absolute atomic E-state index is 0.0712. The third kappa shape index (κ3) is 3.54. The quantitative estimate of drug-likeness (QED) is 0.870. The van der Waals surface area contributed by atoms with Crippen LogP contribution >= 0.6 is 43.5 Å². The van der Waals surface area contributed by atoms with Crippen molar-refractivity contribution < 1.29 is 4.79 Å². The van der Waals surface area contributed by atoms with Gasteiger partial charge in [-0.2, -0.15) is 4.98 Å². The highest BCUT2D eigenvalue weighted by molar-refractivity contribution is 9.11. The van der Waals surface area contributed by atoms with Gasteiger partial charge in [-0.1, -0.05) is 11.6 Å². The molecule has 0 bridgehead atoms. The van der Waals surface area contributed by atoms with Crippen molar-refractivity contribution >= 4 is 55.1 Å². The Hall–Kier alpha value is -0.920. The molecule has 1 amide bonds. The summed E-state index contributed by atoms with van der Waals surface area (Å²) in [5, 5.41) is 7.35. The van der Waals surface area contributed by atoms with Crippen LogP contribution in [0.1, 0.15) is 0 Å². The zero-order valence-corrected chi connectivity index (χ0v) is 12.8. The Labute approximate surface area is 125 Å². The minimum atomic E-state index is -0.199. The number of nitrogens with zero attached hydrogens (tertiary/aromatic N) is 3. The van der Waals surface area contributed by atoms with Crippen LogP contribution in [0.4, 0.5) is 5.69 Å². The highest BCUT2D eigenvalue weighted by Crippen LogP contribution is 2.14. The molecule has 18 heavy (non-hydrogen) atoms. The summed E-state index contributed by atoms with van der Waals surface area (Å²) in [7, 11) is 0. The summed E-state index contributed by atoms with van der Waals surface area (Å²) in [6, 6.07) is 6.87. The Bertz CT molecular complexity index is 570. The average molecular weight is 394 g/mol. The molecule has 0 saturated carbocycles. The normalized spacial score (nSPS) is 10.4. The number of hydrogen-bond donors (Lipinski definition) is 1. The van der Waals surface area contributed by atoms with Gasteiger partial charge in [0, 0.05) is 10.7 Å². The van der Waals surface area contributed by atoms with Gasteiger partial charge < -0.3 is 5.32 Å². The SMILES string of the molecule is O=C(Cn1nc(Br)nc1Br)Nc1ccc(Cl)cc1. The Balaban J connectivity index is 2.01. The number of rotatable bonds is 3. The Morgan fingerprint density at radius 2 is 2.00 bits per heavy atom. The smallest absolute Gasteiger partial charge is 0.246 e. The number of carbonyl (C=O) groups is 1. The van der Waals surface area contributed by atoms with Gasteiger partial charge in [0.25, 0.3) is 0 Å². The lowest BCUT2D eigenvalue weighted by Crippen LogP contribution is -2.19. The van der Waals surface area contributed by atoms with Gasteiger partial charge in [-0.3, -0.25) is 4.79 Å². The maximum absolute atomic E-state index is 11.8. The molecule has 0 spiro atoms. The molecule has 94 valence electrons. The molecule has 0 fully saturated rings. The highest BCUT2D eigenvalue weighted by Gasteiger charge is 2.09. The van der Waals surface area contributed by atoms with E-state index < -0.39 is 0 Å². The molecule has 0 unspecified atom stereocenters. The van der Waals surface area contributed by atoms with Gasteiger partial charge in [-0.15, -0.1) is 5.10 Å². The van der Waals surface area contributed by atoms with Gasteiger partial charge in [0.1, 0.15) is 6.54 Å². The van der Waals surface area contributed by atoms with Crippen molar-refractivity contribution in [3.8, 4) is 0 Å². The van der Waals surface area contributed by atoms with E-state index in [9.17, 15) is 4.79 Å². The summed E-state index contributed by atoms with van der Waals surface area (Å²) in [5.41, 5.74) is 0.680. The van der Waals surface area contributed by atoms with Crippen molar-refractivity contribution in [2.75, 3.05) is 5.32 Å². The monoisotopic (exact) mass is 392 g/mol. The number of aromatic nitrogens is 3. The van der Waals surface area contributed by atoms with E-state index >= 15 is 0 Å². The molecule has 0 saturated heterocycles. The lowest BCUT2D eigenvalue weighted by atomic mass is 10.3. The van der Waals surface area contributed by atoms with Gasteiger partial charge in [-0.25, -0.2) is 4.68 Å². The molecule has 0 aliphatic rings. The molecule has 0 radical (unpaired) electrons. The minimum Gasteiger partial charge on any atom is -0.324 e. The molecule has 1 aromatic heterocycles. The van der Waals surface area contributed by atoms with Gasteiger partial charge in [0.2, 0.25) is 10.6 Å². The topological polar surface area (TPSA) is 59.8 Å². The van der Waals surface area contributed by atoms with Gasteiger partial charge in [0.15, 0.2) is 4.73 Å². The predicted molar refractivity (Wildman–Crippen MR) is 75.5 cm³/mol. The van der Waals surface area contributed by atoms with Crippen LogP contribution in [0.3, 0.4) is 0 Å². The maximum Gasteiger partial charge on any atom is 0.246 e. The van der Waals surface area contributed by atoms with E-state index in [-0.39, 0.29) is 12.5 Å². The molecular weight excluding hydrogens is 387 g/mol. The fourth-order valence-corrected chi connectivity index (χ4v) is 2.36. The Kier molecular flexibility index (Phi) is 4.36. The van der Waals surface area contributed by atoms with Crippen LogP contribution in [0.5, 0.6) is 0 Å². The number of carbonyl (C=O) groups excluding carboxylic acids is 1. The van der Waals surface area contributed by atoms with Crippen LogP contribution in [0.25, 0.3) is 0 Å². The van der Waals surface area contributed by atoms with E-state index in [1.165, 1.54) is 4.68 Å². The zero-order chi connectivity index (χ0) is 13.1. The first-order valence-electron chi connectivity index (χ1n) is 4.86. The maximum atomic E-state index is 11.8.